The van der Waals surface area contributed by atoms with Crippen molar-refractivity contribution < 1.29 is 4.79 Å². The van der Waals surface area contributed by atoms with Gasteiger partial charge >= 0.3 is 0 Å². The Bertz CT molecular complexity index is 360. The maximum atomic E-state index is 11.9. The molecule has 0 radical (unpaired) electrons. The van der Waals surface area contributed by atoms with Crippen LogP contribution in [-0.4, -0.2) is 16.4 Å². The van der Waals surface area contributed by atoms with E-state index in [4.69, 9.17) is 0 Å². The van der Waals surface area contributed by atoms with E-state index in [0.717, 1.165) is 17.4 Å². The lowest BCUT2D eigenvalue weighted by atomic mass is 9.98. The van der Waals surface area contributed by atoms with E-state index in [1.165, 1.54) is 0 Å². The standard InChI is InChI=1S/C12H17BrN2O/c1-4-7-12(2,3)15-11(16)9-5-6-10(13)14-8-9/h5-6,8H,4,7H2,1-3H3,(H,15,16). The third kappa shape index (κ3) is 3.93. The van der Waals surface area contributed by atoms with Gasteiger partial charge in [-0.1, -0.05) is 13.3 Å². The minimum Gasteiger partial charge on any atom is -0.347 e. The predicted molar refractivity (Wildman–Crippen MR) is 68.4 cm³/mol. The average Bonchev–Trinajstić information content (AvgIpc) is 2.17. The molecule has 1 aromatic rings. The molecule has 1 heterocycles. The minimum atomic E-state index is -0.168. The Kier molecular flexibility index (Phi) is 4.47. The number of nitrogens with zero attached hydrogens (tertiary/aromatic N) is 1. The maximum Gasteiger partial charge on any atom is 0.253 e. The number of nitrogens with one attached hydrogen (secondary N) is 1. The van der Waals surface area contributed by atoms with Gasteiger partial charge in [0.25, 0.3) is 5.91 Å². The SMILES string of the molecule is CCCC(C)(C)NC(=O)c1ccc(Br)nc1. The first-order valence-corrected chi connectivity index (χ1v) is 6.18. The quantitative estimate of drug-likeness (QED) is 0.863. The summed E-state index contributed by atoms with van der Waals surface area (Å²) in [6.07, 6.45) is 3.58. The van der Waals surface area contributed by atoms with Crippen LogP contribution in [0.4, 0.5) is 0 Å². The van der Waals surface area contributed by atoms with Gasteiger partial charge in [-0.05, 0) is 48.3 Å². The molecule has 0 saturated heterocycles. The Morgan fingerprint density at radius 1 is 1.50 bits per heavy atom. The van der Waals surface area contributed by atoms with E-state index >= 15 is 0 Å². The van der Waals surface area contributed by atoms with Crippen molar-refractivity contribution in [2.24, 2.45) is 0 Å². The second-order valence-electron chi connectivity index (χ2n) is 4.46. The van der Waals surface area contributed by atoms with Crippen LogP contribution in [0.5, 0.6) is 0 Å². The summed E-state index contributed by atoms with van der Waals surface area (Å²) in [4.78, 5) is 15.9. The van der Waals surface area contributed by atoms with Gasteiger partial charge in [-0.15, -0.1) is 0 Å². The molecule has 1 amide bonds. The average molecular weight is 285 g/mol. The molecule has 0 spiro atoms. The normalized spacial score (nSPS) is 11.2. The molecule has 0 aliphatic carbocycles. The minimum absolute atomic E-state index is 0.0709. The Morgan fingerprint density at radius 2 is 2.19 bits per heavy atom. The molecule has 0 bridgehead atoms. The van der Waals surface area contributed by atoms with Crippen LogP contribution < -0.4 is 5.32 Å². The molecule has 0 saturated carbocycles. The smallest absolute Gasteiger partial charge is 0.253 e. The number of amides is 1. The summed E-state index contributed by atoms with van der Waals surface area (Å²) in [6, 6.07) is 3.52. The molecule has 0 aliphatic heterocycles. The number of aromatic nitrogens is 1. The topological polar surface area (TPSA) is 42.0 Å². The Labute approximate surface area is 105 Å². The van der Waals surface area contributed by atoms with Gasteiger partial charge in [0, 0.05) is 11.7 Å². The first-order chi connectivity index (χ1) is 7.44. The van der Waals surface area contributed by atoms with Crippen molar-refractivity contribution in [2.75, 3.05) is 0 Å². The number of rotatable bonds is 4. The van der Waals surface area contributed by atoms with Crippen LogP contribution in [0.2, 0.25) is 0 Å². The fourth-order valence-electron chi connectivity index (χ4n) is 1.58. The van der Waals surface area contributed by atoms with E-state index in [1.807, 2.05) is 13.8 Å². The monoisotopic (exact) mass is 284 g/mol. The third-order valence-electron chi connectivity index (χ3n) is 2.32. The van der Waals surface area contributed by atoms with Crippen LogP contribution in [0.1, 0.15) is 44.0 Å². The van der Waals surface area contributed by atoms with Gasteiger partial charge in [0.05, 0.1) is 5.56 Å². The Balaban J connectivity index is 2.69. The largest absolute Gasteiger partial charge is 0.347 e. The van der Waals surface area contributed by atoms with Crippen molar-refractivity contribution in [2.45, 2.75) is 39.2 Å². The molecule has 1 N–H and O–H groups in total. The summed E-state index contributed by atoms with van der Waals surface area (Å²) in [5, 5.41) is 3.00. The van der Waals surface area contributed by atoms with Crippen LogP contribution in [0.3, 0.4) is 0 Å². The van der Waals surface area contributed by atoms with Crippen molar-refractivity contribution in [3.05, 3.63) is 28.5 Å². The molecule has 0 unspecified atom stereocenters. The zero-order valence-corrected chi connectivity index (χ0v) is 11.5. The molecule has 3 nitrogen and oxygen atoms in total. The van der Waals surface area contributed by atoms with Crippen LogP contribution in [0.15, 0.2) is 22.9 Å². The zero-order chi connectivity index (χ0) is 12.2. The summed E-state index contributed by atoms with van der Waals surface area (Å²) in [5.41, 5.74) is 0.422. The predicted octanol–water partition coefficient (Wildman–Crippen LogP) is 3.15. The molecule has 1 rings (SSSR count). The number of hydrogen-bond acceptors (Lipinski definition) is 2. The van der Waals surface area contributed by atoms with Gasteiger partial charge in [-0.3, -0.25) is 4.79 Å². The molecule has 0 aliphatic rings. The van der Waals surface area contributed by atoms with E-state index in [0.29, 0.717) is 5.56 Å². The first-order valence-electron chi connectivity index (χ1n) is 5.38. The van der Waals surface area contributed by atoms with E-state index < -0.39 is 0 Å². The molecule has 0 atom stereocenters. The van der Waals surface area contributed by atoms with Crippen molar-refractivity contribution in [1.82, 2.24) is 10.3 Å². The van der Waals surface area contributed by atoms with Gasteiger partial charge in [-0.25, -0.2) is 4.98 Å². The highest BCUT2D eigenvalue weighted by Gasteiger charge is 2.19. The summed E-state index contributed by atoms with van der Waals surface area (Å²) in [5.74, 6) is -0.0709. The second kappa shape index (κ2) is 5.43. The molecule has 0 aromatic carbocycles. The van der Waals surface area contributed by atoms with Crippen molar-refractivity contribution in [3.63, 3.8) is 0 Å². The summed E-state index contributed by atoms with van der Waals surface area (Å²) < 4.78 is 0.733. The molecule has 0 fully saturated rings. The van der Waals surface area contributed by atoms with E-state index in [9.17, 15) is 4.79 Å². The van der Waals surface area contributed by atoms with Crippen molar-refractivity contribution >= 4 is 21.8 Å². The highest BCUT2D eigenvalue weighted by molar-refractivity contribution is 9.10. The van der Waals surface area contributed by atoms with Gasteiger partial charge < -0.3 is 5.32 Å². The number of carbonyl (C=O) groups excluding carboxylic acids is 1. The van der Waals surface area contributed by atoms with E-state index in [1.54, 1.807) is 18.3 Å². The number of hydrogen-bond donors (Lipinski definition) is 1. The zero-order valence-electron chi connectivity index (χ0n) is 9.88. The Morgan fingerprint density at radius 3 is 2.69 bits per heavy atom. The van der Waals surface area contributed by atoms with Crippen LogP contribution in [0, 0.1) is 0 Å². The van der Waals surface area contributed by atoms with E-state index in [2.05, 4.69) is 33.2 Å². The number of halogens is 1. The van der Waals surface area contributed by atoms with Crippen LogP contribution in [-0.2, 0) is 0 Å². The summed E-state index contributed by atoms with van der Waals surface area (Å²) in [6.45, 7) is 6.16. The van der Waals surface area contributed by atoms with Crippen LogP contribution in [0.25, 0.3) is 0 Å². The van der Waals surface area contributed by atoms with Crippen molar-refractivity contribution in [1.29, 1.82) is 0 Å². The highest BCUT2D eigenvalue weighted by atomic mass is 79.9. The molecular weight excluding hydrogens is 268 g/mol. The lowest BCUT2D eigenvalue weighted by Gasteiger charge is -2.25. The maximum absolute atomic E-state index is 11.9. The van der Waals surface area contributed by atoms with E-state index in [-0.39, 0.29) is 11.4 Å². The summed E-state index contributed by atoms with van der Waals surface area (Å²) >= 11 is 3.24. The van der Waals surface area contributed by atoms with Crippen molar-refractivity contribution in [3.8, 4) is 0 Å². The van der Waals surface area contributed by atoms with Gasteiger partial charge in [0.2, 0.25) is 0 Å². The molecule has 16 heavy (non-hydrogen) atoms. The Hall–Kier alpha value is -0.900. The van der Waals surface area contributed by atoms with Gasteiger partial charge in [0.15, 0.2) is 0 Å². The lowest BCUT2D eigenvalue weighted by Crippen LogP contribution is -2.43. The number of carbonyl (C=O) groups is 1. The fourth-order valence-corrected chi connectivity index (χ4v) is 1.81. The second-order valence-corrected chi connectivity index (χ2v) is 5.27. The highest BCUT2D eigenvalue weighted by Crippen LogP contribution is 2.12. The molecule has 88 valence electrons. The van der Waals surface area contributed by atoms with Crippen LogP contribution >= 0.6 is 15.9 Å². The summed E-state index contributed by atoms with van der Waals surface area (Å²) in [7, 11) is 0. The fraction of sp³-hybridized carbons (Fsp3) is 0.500. The van der Waals surface area contributed by atoms with Gasteiger partial charge in [-0.2, -0.15) is 0 Å². The first kappa shape index (κ1) is 13.2. The molecule has 1 aromatic heterocycles. The molecule has 4 heteroatoms. The number of pyridine rings is 1. The van der Waals surface area contributed by atoms with Gasteiger partial charge in [0.1, 0.15) is 4.60 Å². The lowest BCUT2D eigenvalue weighted by molar-refractivity contribution is 0.0908. The third-order valence-corrected chi connectivity index (χ3v) is 2.79. The molecular formula is C12H17BrN2O.